The minimum atomic E-state index is -0.449. The molecule has 2 saturated heterocycles. The number of carbonyl (C=O) groups is 1. The molecule has 2 rings (SSSR count). The SMILES string of the molecule is C1CCOCC1.C1CCOCC1.CCOC(=O)CC#N. The maximum atomic E-state index is 10.2. The van der Waals surface area contributed by atoms with Gasteiger partial charge in [0, 0.05) is 26.4 Å². The highest BCUT2D eigenvalue weighted by Gasteiger charge is 1.96. The molecule has 0 aromatic rings. The van der Waals surface area contributed by atoms with Crippen molar-refractivity contribution in [1.82, 2.24) is 0 Å². The molecule has 0 amide bonds. The number of esters is 1. The third-order valence-electron chi connectivity index (χ3n) is 2.68. The summed E-state index contributed by atoms with van der Waals surface area (Å²) in [5, 5.41) is 7.91. The van der Waals surface area contributed by atoms with Gasteiger partial charge in [-0.1, -0.05) is 0 Å². The van der Waals surface area contributed by atoms with Crippen molar-refractivity contribution in [2.24, 2.45) is 0 Å². The Morgan fingerprint density at radius 2 is 1.45 bits per heavy atom. The minimum Gasteiger partial charge on any atom is -0.465 e. The first kappa shape index (κ1) is 18.9. The Balaban J connectivity index is 0.000000274. The predicted octanol–water partition coefficient (Wildman–Crippen LogP) is 2.84. The van der Waals surface area contributed by atoms with Gasteiger partial charge in [0.05, 0.1) is 12.7 Å². The molecule has 0 aromatic carbocycles. The average Bonchev–Trinajstić information content (AvgIpc) is 2.52. The fraction of sp³-hybridized carbons (Fsp3) is 0.867. The summed E-state index contributed by atoms with van der Waals surface area (Å²) in [6, 6.07) is 1.68. The average molecular weight is 285 g/mol. The Morgan fingerprint density at radius 1 is 1.00 bits per heavy atom. The van der Waals surface area contributed by atoms with E-state index < -0.39 is 5.97 Å². The summed E-state index contributed by atoms with van der Waals surface area (Å²) in [5.74, 6) is -0.449. The van der Waals surface area contributed by atoms with Gasteiger partial charge in [-0.2, -0.15) is 5.26 Å². The van der Waals surface area contributed by atoms with E-state index in [1.807, 2.05) is 0 Å². The highest BCUT2D eigenvalue weighted by molar-refractivity contribution is 5.71. The van der Waals surface area contributed by atoms with Crippen LogP contribution in [-0.2, 0) is 19.0 Å². The highest BCUT2D eigenvalue weighted by Crippen LogP contribution is 2.02. The van der Waals surface area contributed by atoms with Gasteiger partial charge in [-0.25, -0.2) is 0 Å². The Labute approximate surface area is 122 Å². The second kappa shape index (κ2) is 15.9. The third-order valence-corrected chi connectivity index (χ3v) is 2.68. The third kappa shape index (κ3) is 14.9. The van der Waals surface area contributed by atoms with E-state index in [1.54, 1.807) is 13.0 Å². The molecule has 5 heteroatoms. The lowest BCUT2D eigenvalue weighted by molar-refractivity contribution is -0.141. The van der Waals surface area contributed by atoms with Gasteiger partial charge in [0.2, 0.25) is 0 Å². The van der Waals surface area contributed by atoms with Gasteiger partial charge in [0.1, 0.15) is 6.42 Å². The molecule has 0 spiro atoms. The van der Waals surface area contributed by atoms with E-state index in [0.717, 1.165) is 26.4 Å². The zero-order chi connectivity index (χ0) is 14.9. The Morgan fingerprint density at radius 3 is 1.65 bits per heavy atom. The van der Waals surface area contributed by atoms with Crippen LogP contribution in [0.2, 0.25) is 0 Å². The van der Waals surface area contributed by atoms with Crippen LogP contribution in [-0.4, -0.2) is 39.0 Å². The quantitative estimate of drug-likeness (QED) is 0.730. The van der Waals surface area contributed by atoms with Crippen molar-refractivity contribution in [3.8, 4) is 6.07 Å². The summed E-state index contributed by atoms with van der Waals surface area (Å²) in [6.45, 7) is 6.05. The second-order valence-corrected chi connectivity index (χ2v) is 4.49. The number of carbonyl (C=O) groups excluding carboxylic acids is 1. The van der Waals surface area contributed by atoms with Crippen molar-refractivity contribution in [2.75, 3.05) is 33.0 Å². The van der Waals surface area contributed by atoms with E-state index in [2.05, 4.69) is 4.74 Å². The van der Waals surface area contributed by atoms with E-state index in [1.165, 1.54) is 38.5 Å². The van der Waals surface area contributed by atoms with E-state index in [9.17, 15) is 4.79 Å². The first-order valence-electron chi connectivity index (χ1n) is 7.49. The lowest BCUT2D eigenvalue weighted by Gasteiger charge is -2.08. The smallest absolute Gasteiger partial charge is 0.320 e. The summed E-state index contributed by atoms with van der Waals surface area (Å²) in [4.78, 5) is 10.2. The van der Waals surface area contributed by atoms with Crippen LogP contribution in [0.3, 0.4) is 0 Å². The van der Waals surface area contributed by atoms with Crippen molar-refractivity contribution in [1.29, 1.82) is 5.26 Å². The molecule has 0 aromatic heterocycles. The molecule has 2 heterocycles. The molecule has 20 heavy (non-hydrogen) atoms. The van der Waals surface area contributed by atoms with Crippen molar-refractivity contribution in [2.45, 2.75) is 51.9 Å². The van der Waals surface area contributed by atoms with Crippen LogP contribution >= 0.6 is 0 Å². The van der Waals surface area contributed by atoms with Gasteiger partial charge in [0.25, 0.3) is 0 Å². The molecule has 2 fully saturated rings. The number of hydrogen-bond acceptors (Lipinski definition) is 5. The van der Waals surface area contributed by atoms with Gasteiger partial charge in [-0.3, -0.25) is 4.79 Å². The van der Waals surface area contributed by atoms with Crippen molar-refractivity contribution in [3.63, 3.8) is 0 Å². The highest BCUT2D eigenvalue weighted by atomic mass is 16.5. The number of nitriles is 1. The first-order chi connectivity index (χ1) is 9.81. The predicted molar refractivity (Wildman–Crippen MR) is 76.2 cm³/mol. The zero-order valence-corrected chi connectivity index (χ0v) is 12.6. The Bertz CT molecular complexity index is 220. The molecule has 0 unspecified atom stereocenters. The largest absolute Gasteiger partial charge is 0.465 e. The van der Waals surface area contributed by atoms with Crippen molar-refractivity contribution in [3.05, 3.63) is 0 Å². The molecule has 0 radical (unpaired) electrons. The normalized spacial score (nSPS) is 17.4. The number of rotatable bonds is 2. The van der Waals surface area contributed by atoms with Crippen LogP contribution < -0.4 is 0 Å². The number of ether oxygens (including phenoxy) is 3. The molecule has 116 valence electrons. The summed E-state index contributed by atoms with van der Waals surface area (Å²) in [6.07, 6.45) is 7.72. The molecular formula is C15H27NO4. The van der Waals surface area contributed by atoms with Crippen LogP contribution in [0.1, 0.15) is 51.9 Å². The Hall–Kier alpha value is -1.12. The lowest BCUT2D eigenvalue weighted by atomic mass is 10.2. The summed E-state index contributed by atoms with van der Waals surface area (Å²) >= 11 is 0. The molecule has 2 aliphatic rings. The summed E-state index contributed by atoms with van der Waals surface area (Å²) in [7, 11) is 0. The Kier molecular flexibility index (Phi) is 15.0. The number of nitrogens with zero attached hydrogens (tertiary/aromatic N) is 1. The standard InChI is InChI=1S/C5H7NO2.2C5H10O/c1-2-8-5(7)3-4-6;2*1-2-4-6-5-3-1/h2-3H2,1H3;2*1-5H2. The van der Waals surface area contributed by atoms with Gasteiger partial charge in [-0.15, -0.1) is 0 Å². The second-order valence-electron chi connectivity index (χ2n) is 4.49. The molecule has 0 saturated carbocycles. The van der Waals surface area contributed by atoms with Gasteiger partial charge < -0.3 is 14.2 Å². The van der Waals surface area contributed by atoms with E-state index in [0.29, 0.717) is 6.61 Å². The molecule has 0 N–H and O–H groups in total. The molecule has 2 aliphatic heterocycles. The maximum absolute atomic E-state index is 10.2. The first-order valence-corrected chi connectivity index (χ1v) is 7.49. The topological polar surface area (TPSA) is 68.6 Å². The van der Waals surface area contributed by atoms with Crippen molar-refractivity contribution >= 4 is 5.97 Å². The van der Waals surface area contributed by atoms with E-state index in [-0.39, 0.29) is 6.42 Å². The minimum absolute atomic E-state index is 0.145. The van der Waals surface area contributed by atoms with Crippen LogP contribution in [0.25, 0.3) is 0 Å². The van der Waals surface area contributed by atoms with Crippen LogP contribution in [0, 0.1) is 11.3 Å². The monoisotopic (exact) mass is 285 g/mol. The van der Waals surface area contributed by atoms with Gasteiger partial charge in [0.15, 0.2) is 0 Å². The molecule has 0 bridgehead atoms. The van der Waals surface area contributed by atoms with Gasteiger partial charge in [-0.05, 0) is 45.4 Å². The van der Waals surface area contributed by atoms with Crippen LogP contribution in [0.5, 0.6) is 0 Å². The van der Waals surface area contributed by atoms with Crippen molar-refractivity contribution < 1.29 is 19.0 Å². The molecular weight excluding hydrogens is 258 g/mol. The maximum Gasteiger partial charge on any atom is 0.320 e. The fourth-order valence-electron chi connectivity index (χ4n) is 1.65. The van der Waals surface area contributed by atoms with Crippen LogP contribution in [0.4, 0.5) is 0 Å². The van der Waals surface area contributed by atoms with Crippen LogP contribution in [0.15, 0.2) is 0 Å². The van der Waals surface area contributed by atoms with Gasteiger partial charge >= 0.3 is 5.97 Å². The summed E-state index contributed by atoms with van der Waals surface area (Å²) in [5.41, 5.74) is 0. The molecule has 5 nitrogen and oxygen atoms in total. The summed E-state index contributed by atoms with van der Waals surface area (Å²) < 4.78 is 14.6. The molecule has 0 aliphatic carbocycles. The zero-order valence-electron chi connectivity index (χ0n) is 12.6. The molecule has 0 atom stereocenters. The fourth-order valence-corrected chi connectivity index (χ4v) is 1.65. The van der Waals surface area contributed by atoms with E-state index >= 15 is 0 Å². The number of hydrogen-bond donors (Lipinski definition) is 0. The lowest BCUT2D eigenvalue weighted by Crippen LogP contribution is -2.03. The van der Waals surface area contributed by atoms with E-state index in [4.69, 9.17) is 14.7 Å².